The lowest BCUT2D eigenvalue weighted by atomic mass is 10.1. The molecule has 16 heavy (non-hydrogen) atoms. The highest BCUT2D eigenvalue weighted by Gasteiger charge is 2.20. The van der Waals surface area contributed by atoms with Gasteiger partial charge in [-0.15, -0.1) is 0 Å². The predicted octanol–water partition coefficient (Wildman–Crippen LogP) is 2.30. The average Bonchev–Trinajstić information content (AvgIpc) is 2.24. The Balaban J connectivity index is 2.37. The number of nitrogens with two attached hydrogens (primary N) is 1. The minimum atomic E-state index is -0.264. The molecule has 0 bridgehead atoms. The van der Waals surface area contributed by atoms with Gasteiger partial charge in [0, 0.05) is 13.1 Å². The zero-order valence-electron chi connectivity index (χ0n) is 10.6. The van der Waals surface area contributed by atoms with E-state index in [-0.39, 0.29) is 11.9 Å². The van der Waals surface area contributed by atoms with E-state index in [9.17, 15) is 4.79 Å². The maximum atomic E-state index is 12.1. The van der Waals surface area contributed by atoms with Crippen molar-refractivity contribution in [1.82, 2.24) is 4.90 Å². The Morgan fingerprint density at radius 1 is 1.19 bits per heavy atom. The van der Waals surface area contributed by atoms with Crippen molar-refractivity contribution in [3.05, 3.63) is 0 Å². The summed E-state index contributed by atoms with van der Waals surface area (Å²) in [7, 11) is 0. The van der Waals surface area contributed by atoms with E-state index in [2.05, 4.69) is 6.92 Å². The monoisotopic (exact) mass is 226 g/mol. The van der Waals surface area contributed by atoms with E-state index >= 15 is 0 Å². The molecule has 1 aliphatic heterocycles. The van der Waals surface area contributed by atoms with Crippen LogP contribution in [0.5, 0.6) is 0 Å². The van der Waals surface area contributed by atoms with Crippen LogP contribution >= 0.6 is 0 Å². The van der Waals surface area contributed by atoms with Crippen molar-refractivity contribution in [2.24, 2.45) is 5.73 Å². The fraction of sp³-hybridized carbons (Fsp3) is 0.923. The molecule has 94 valence electrons. The zero-order chi connectivity index (χ0) is 11.8. The summed E-state index contributed by atoms with van der Waals surface area (Å²) in [5, 5.41) is 0. The summed E-state index contributed by atoms with van der Waals surface area (Å²) in [6.07, 6.45) is 9.14. The van der Waals surface area contributed by atoms with Gasteiger partial charge >= 0.3 is 0 Å². The smallest absolute Gasteiger partial charge is 0.239 e. The molecule has 1 atom stereocenters. The van der Waals surface area contributed by atoms with Crippen LogP contribution in [0.3, 0.4) is 0 Å². The molecule has 1 unspecified atom stereocenters. The van der Waals surface area contributed by atoms with E-state index in [1.54, 1.807) is 0 Å². The molecule has 0 radical (unpaired) electrons. The Labute approximate surface area is 99.4 Å². The molecule has 0 aromatic carbocycles. The van der Waals surface area contributed by atoms with Gasteiger partial charge in [0.15, 0.2) is 0 Å². The molecule has 1 heterocycles. The minimum Gasteiger partial charge on any atom is -0.341 e. The van der Waals surface area contributed by atoms with Crippen LogP contribution in [0.25, 0.3) is 0 Å². The van der Waals surface area contributed by atoms with Gasteiger partial charge < -0.3 is 10.6 Å². The van der Waals surface area contributed by atoms with Gasteiger partial charge in [-0.1, -0.05) is 39.0 Å². The lowest BCUT2D eigenvalue weighted by Gasteiger charge is -2.27. The van der Waals surface area contributed by atoms with Crippen LogP contribution in [-0.2, 0) is 4.79 Å². The van der Waals surface area contributed by atoms with E-state index in [0.29, 0.717) is 0 Å². The summed E-state index contributed by atoms with van der Waals surface area (Å²) in [6.45, 7) is 3.96. The average molecular weight is 226 g/mol. The molecular formula is C13H26N2O. The summed E-state index contributed by atoms with van der Waals surface area (Å²) < 4.78 is 0. The van der Waals surface area contributed by atoms with Gasteiger partial charge in [0.2, 0.25) is 5.91 Å². The molecule has 0 aromatic heterocycles. The number of likely N-dealkylation sites (tertiary alicyclic amines) is 1. The highest BCUT2D eigenvalue weighted by Crippen LogP contribution is 2.12. The summed E-state index contributed by atoms with van der Waals surface area (Å²) in [4.78, 5) is 14.1. The SMILES string of the molecule is CCCCC(N)C(=O)N1CCCCCCC1. The fourth-order valence-electron chi connectivity index (χ4n) is 2.25. The molecule has 0 aliphatic carbocycles. The molecule has 0 spiro atoms. The first-order chi connectivity index (χ1) is 7.75. The maximum absolute atomic E-state index is 12.1. The van der Waals surface area contributed by atoms with E-state index in [1.807, 2.05) is 4.90 Å². The lowest BCUT2D eigenvalue weighted by molar-refractivity contribution is -0.133. The summed E-state index contributed by atoms with van der Waals surface area (Å²) in [6, 6.07) is -0.264. The number of rotatable bonds is 4. The highest BCUT2D eigenvalue weighted by atomic mass is 16.2. The number of carbonyl (C=O) groups excluding carboxylic acids is 1. The van der Waals surface area contributed by atoms with Crippen LogP contribution in [0, 0.1) is 0 Å². The van der Waals surface area contributed by atoms with Crippen molar-refractivity contribution >= 4 is 5.91 Å². The molecule has 3 heteroatoms. The molecule has 1 aliphatic rings. The van der Waals surface area contributed by atoms with Crippen LogP contribution in [0.15, 0.2) is 0 Å². The standard InChI is InChI=1S/C13H26N2O/c1-2-3-9-12(14)13(16)15-10-7-5-4-6-8-11-15/h12H,2-11,14H2,1H3. The normalized spacial score (nSPS) is 20.0. The maximum Gasteiger partial charge on any atom is 0.239 e. The third kappa shape index (κ3) is 4.52. The van der Waals surface area contributed by atoms with Gasteiger partial charge in [-0.2, -0.15) is 0 Å². The molecular weight excluding hydrogens is 200 g/mol. The van der Waals surface area contributed by atoms with Crippen molar-refractivity contribution < 1.29 is 4.79 Å². The summed E-state index contributed by atoms with van der Waals surface area (Å²) >= 11 is 0. The molecule has 2 N–H and O–H groups in total. The number of carbonyl (C=O) groups is 1. The summed E-state index contributed by atoms with van der Waals surface area (Å²) in [5.74, 6) is 0.176. The van der Waals surface area contributed by atoms with Crippen LogP contribution in [-0.4, -0.2) is 29.9 Å². The Morgan fingerprint density at radius 3 is 2.31 bits per heavy atom. The number of amides is 1. The number of hydrogen-bond acceptors (Lipinski definition) is 2. The first-order valence-corrected chi connectivity index (χ1v) is 6.80. The first-order valence-electron chi connectivity index (χ1n) is 6.80. The van der Waals surface area contributed by atoms with E-state index in [1.165, 1.54) is 19.3 Å². The van der Waals surface area contributed by atoms with Crippen molar-refractivity contribution in [1.29, 1.82) is 0 Å². The molecule has 1 fully saturated rings. The second-order valence-electron chi connectivity index (χ2n) is 4.84. The van der Waals surface area contributed by atoms with Gasteiger partial charge in [0.25, 0.3) is 0 Å². The third-order valence-electron chi connectivity index (χ3n) is 3.35. The van der Waals surface area contributed by atoms with Gasteiger partial charge in [-0.05, 0) is 19.3 Å². The molecule has 1 saturated heterocycles. The Hall–Kier alpha value is -0.570. The largest absolute Gasteiger partial charge is 0.341 e. The lowest BCUT2D eigenvalue weighted by Crippen LogP contribution is -2.44. The van der Waals surface area contributed by atoms with Crippen LogP contribution in [0.4, 0.5) is 0 Å². The van der Waals surface area contributed by atoms with Crippen molar-refractivity contribution in [3.8, 4) is 0 Å². The second kappa shape index (κ2) is 7.66. The van der Waals surface area contributed by atoms with Crippen LogP contribution < -0.4 is 5.73 Å². The topological polar surface area (TPSA) is 46.3 Å². The second-order valence-corrected chi connectivity index (χ2v) is 4.84. The predicted molar refractivity (Wildman–Crippen MR) is 67.2 cm³/mol. The highest BCUT2D eigenvalue weighted by molar-refractivity contribution is 5.81. The first kappa shape index (κ1) is 13.5. The Bertz CT molecular complexity index is 198. The van der Waals surface area contributed by atoms with Gasteiger partial charge in [-0.25, -0.2) is 0 Å². The van der Waals surface area contributed by atoms with E-state index < -0.39 is 0 Å². The van der Waals surface area contributed by atoms with Crippen molar-refractivity contribution in [3.63, 3.8) is 0 Å². The van der Waals surface area contributed by atoms with Crippen LogP contribution in [0.1, 0.15) is 58.3 Å². The molecule has 0 aromatic rings. The fourth-order valence-corrected chi connectivity index (χ4v) is 2.25. The summed E-state index contributed by atoms with van der Waals surface area (Å²) in [5.41, 5.74) is 5.93. The van der Waals surface area contributed by atoms with Crippen molar-refractivity contribution in [2.75, 3.05) is 13.1 Å². The van der Waals surface area contributed by atoms with Gasteiger partial charge in [0.1, 0.15) is 0 Å². The number of unbranched alkanes of at least 4 members (excludes halogenated alkanes) is 1. The zero-order valence-corrected chi connectivity index (χ0v) is 10.6. The Kier molecular flexibility index (Phi) is 6.46. The van der Waals surface area contributed by atoms with Gasteiger partial charge in [0.05, 0.1) is 6.04 Å². The minimum absolute atomic E-state index is 0.176. The molecule has 1 amide bonds. The van der Waals surface area contributed by atoms with Crippen molar-refractivity contribution in [2.45, 2.75) is 64.3 Å². The molecule has 1 rings (SSSR count). The van der Waals surface area contributed by atoms with Gasteiger partial charge in [-0.3, -0.25) is 4.79 Å². The quantitative estimate of drug-likeness (QED) is 0.799. The number of nitrogens with zero attached hydrogens (tertiary/aromatic N) is 1. The Morgan fingerprint density at radius 2 is 1.75 bits per heavy atom. The van der Waals surface area contributed by atoms with E-state index in [0.717, 1.165) is 45.2 Å². The van der Waals surface area contributed by atoms with Crippen LogP contribution in [0.2, 0.25) is 0 Å². The molecule has 0 saturated carbocycles. The molecule has 3 nitrogen and oxygen atoms in total. The van der Waals surface area contributed by atoms with E-state index in [4.69, 9.17) is 5.73 Å². The third-order valence-corrected chi connectivity index (χ3v) is 3.35. The number of hydrogen-bond donors (Lipinski definition) is 1.